The smallest absolute Gasteiger partial charge is 0.141 e. The summed E-state index contributed by atoms with van der Waals surface area (Å²) < 4.78 is 10.5. The molecule has 0 amide bonds. The molecule has 2 aromatic heterocycles. The number of nitrogen functional groups attached to an aromatic ring is 1. The number of rotatable bonds is 4. The van der Waals surface area contributed by atoms with Crippen molar-refractivity contribution >= 4 is 5.82 Å². The molecule has 0 aliphatic rings. The lowest BCUT2D eigenvalue weighted by atomic mass is 10.4. The zero-order valence-electron chi connectivity index (χ0n) is 8.09. The second-order valence-corrected chi connectivity index (χ2v) is 3.00. The van der Waals surface area contributed by atoms with Gasteiger partial charge in [-0.3, -0.25) is 4.98 Å². The van der Waals surface area contributed by atoms with Crippen molar-refractivity contribution in [2.24, 2.45) is 0 Å². The number of ether oxygens (including phenoxy) is 1. The Morgan fingerprint density at radius 1 is 1.27 bits per heavy atom. The molecule has 0 spiro atoms. The average Bonchev–Trinajstić information content (AvgIpc) is 2.74. The molecule has 2 rings (SSSR count). The number of aromatic nitrogens is 2. The normalized spacial score (nSPS) is 10.4. The summed E-state index contributed by atoms with van der Waals surface area (Å²) in [6, 6.07) is 3.68. The third-order valence-electron chi connectivity index (χ3n) is 1.80. The fourth-order valence-corrected chi connectivity index (χ4v) is 1.09. The van der Waals surface area contributed by atoms with Gasteiger partial charge in [0.1, 0.15) is 18.2 Å². The third-order valence-corrected chi connectivity index (χ3v) is 1.80. The summed E-state index contributed by atoms with van der Waals surface area (Å²) in [7, 11) is 0. The Hall–Kier alpha value is -1.88. The van der Waals surface area contributed by atoms with E-state index in [-0.39, 0.29) is 0 Å². The van der Waals surface area contributed by atoms with Crippen LogP contribution in [-0.2, 0) is 18.0 Å². The van der Waals surface area contributed by atoms with Crippen LogP contribution in [0.5, 0.6) is 0 Å². The van der Waals surface area contributed by atoms with Gasteiger partial charge in [-0.2, -0.15) is 0 Å². The van der Waals surface area contributed by atoms with Crippen molar-refractivity contribution in [3.8, 4) is 0 Å². The minimum atomic E-state index is 0.397. The molecule has 5 nitrogen and oxygen atoms in total. The molecule has 0 saturated heterocycles. The summed E-state index contributed by atoms with van der Waals surface area (Å²) >= 11 is 0. The van der Waals surface area contributed by atoms with E-state index in [1.54, 1.807) is 12.5 Å². The van der Waals surface area contributed by atoms with Crippen molar-refractivity contribution in [1.29, 1.82) is 0 Å². The van der Waals surface area contributed by atoms with E-state index in [0.29, 0.717) is 19.0 Å². The van der Waals surface area contributed by atoms with E-state index in [0.717, 1.165) is 11.5 Å². The monoisotopic (exact) mass is 205 g/mol. The first-order chi connectivity index (χ1) is 7.34. The fourth-order valence-electron chi connectivity index (χ4n) is 1.09. The molecule has 2 N–H and O–H groups in total. The maximum atomic E-state index is 5.40. The highest BCUT2D eigenvalue weighted by Gasteiger charge is 1.98. The van der Waals surface area contributed by atoms with Crippen LogP contribution in [0.4, 0.5) is 5.82 Å². The summed E-state index contributed by atoms with van der Waals surface area (Å²) in [5.41, 5.74) is 6.15. The quantitative estimate of drug-likeness (QED) is 0.815. The molecule has 0 aliphatic heterocycles. The molecular weight excluding hydrogens is 194 g/mol. The molecule has 2 aromatic rings. The molecule has 78 valence electrons. The minimum absolute atomic E-state index is 0.397. The van der Waals surface area contributed by atoms with Gasteiger partial charge in [0, 0.05) is 0 Å². The van der Waals surface area contributed by atoms with Crippen LogP contribution in [0.1, 0.15) is 11.5 Å². The van der Waals surface area contributed by atoms with E-state index in [1.165, 1.54) is 6.20 Å². The van der Waals surface area contributed by atoms with Gasteiger partial charge in [-0.1, -0.05) is 0 Å². The first-order valence-corrected chi connectivity index (χ1v) is 4.51. The zero-order chi connectivity index (χ0) is 10.5. The van der Waals surface area contributed by atoms with Crippen LogP contribution in [0, 0.1) is 0 Å². The summed E-state index contributed by atoms with van der Waals surface area (Å²) in [6.45, 7) is 0.826. The first-order valence-electron chi connectivity index (χ1n) is 4.51. The summed E-state index contributed by atoms with van der Waals surface area (Å²) in [5, 5.41) is 0. The van der Waals surface area contributed by atoms with Crippen molar-refractivity contribution < 1.29 is 9.15 Å². The second-order valence-electron chi connectivity index (χ2n) is 3.00. The van der Waals surface area contributed by atoms with E-state index in [1.807, 2.05) is 12.1 Å². The van der Waals surface area contributed by atoms with Crippen molar-refractivity contribution in [3.63, 3.8) is 0 Å². The van der Waals surface area contributed by atoms with Crippen molar-refractivity contribution in [3.05, 3.63) is 42.2 Å². The van der Waals surface area contributed by atoms with Crippen molar-refractivity contribution in [2.75, 3.05) is 5.73 Å². The van der Waals surface area contributed by atoms with Gasteiger partial charge in [0.05, 0.1) is 31.0 Å². The largest absolute Gasteiger partial charge is 0.467 e. The minimum Gasteiger partial charge on any atom is -0.467 e. The maximum Gasteiger partial charge on any atom is 0.141 e. The molecule has 0 bridgehead atoms. The Morgan fingerprint density at radius 2 is 2.20 bits per heavy atom. The molecular formula is C10H11N3O2. The Bertz CT molecular complexity index is 397. The highest BCUT2D eigenvalue weighted by atomic mass is 16.5. The molecule has 0 radical (unpaired) electrons. The lowest BCUT2D eigenvalue weighted by Gasteiger charge is -2.01. The second kappa shape index (κ2) is 4.56. The van der Waals surface area contributed by atoms with Gasteiger partial charge in [-0.05, 0) is 12.1 Å². The predicted octanol–water partition coefficient (Wildman–Crippen LogP) is 1.37. The van der Waals surface area contributed by atoms with Gasteiger partial charge in [0.25, 0.3) is 0 Å². The molecule has 0 saturated carbocycles. The number of hydrogen-bond acceptors (Lipinski definition) is 5. The van der Waals surface area contributed by atoms with Gasteiger partial charge in [-0.15, -0.1) is 0 Å². The van der Waals surface area contributed by atoms with Gasteiger partial charge >= 0.3 is 0 Å². The predicted molar refractivity (Wildman–Crippen MR) is 53.6 cm³/mol. The molecule has 0 aromatic carbocycles. The van der Waals surface area contributed by atoms with Crippen LogP contribution in [0.25, 0.3) is 0 Å². The SMILES string of the molecule is Nc1cnc(COCc2ccco2)cn1. The van der Waals surface area contributed by atoms with Crippen LogP contribution in [0.2, 0.25) is 0 Å². The van der Waals surface area contributed by atoms with Gasteiger partial charge in [0.15, 0.2) is 0 Å². The Balaban J connectivity index is 1.81. The van der Waals surface area contributed by atoms with E-state index in [2.05, 4.69) is 9.97 Å². The molecule has 0 atom stereocenters. The Labute approximate surface area is 86.9 Å². The average molecular weight is 205 g/mol. The number of nitrogens with zero attached hydrogens (tertiary/aromatic N) is 2. The van der Waals surface area contributed by atoms with E-state index < -0.39 is 0 Å². The van der Waals surface area contributed by atoms with E-state index in [4.69, 9.17) is 14.9 Å². The number of anilines is 1. The number of hydrogen-bond donors (Lipinski definition) is 1. The van der Waals surface area contributed by atoms with Crippen LogP contribution in [0.3, 0.4) is 0 Å². The fraction of sp³-hybridized carbons (Fsp3) is 0.200. The lowest BCUT2D eigenvalue weighted by Crippen LogP contribution is -1.98. The van der Waals surface area contributed by atoms with Gasteiger partial charge in [-0.25, -0.2) is 4.98 Å². The lowest BCUT2D eigenvalue weighted by molar-refractivity contribution is 0.0904. The number of furan rings is 1. The Kier molecular flexibility index (Phi) is 2.94. The topological polar surface area (TPSA) is 74.2 Å². The molecule has 5 heteroatoms. The van der Waals surface area contributed by atoms with Crippen LogP contribution < -0.4 is 5.73 Å². The van der Waals surface area contributed by atoms with Crippen molar-refractivity contribution in [1.82, 2.24) is 9.97 Å². The van der Waals surface area contributed by atoms with Crippen LogP contribution in [0.15, 0.2) is 35.2 Å². The summed E-state index contributed by atoms with van der Waals surface area (Å²) in [6.07, 6.45) is 4.71. The van der Waals surface area contributed by atoms with Crippen molar-refractivity contribution in [2.45, 2.75) is 13.2 Å². The molecule has 0 fully saturated rings. The molecule has 0 aliphatic carbocycles. The van der Waals surface area contributed by atoms with E-state index >= 15 is 0 Å². The standard InChI is InChI=1S/C10H11N3O2/c11-10-5-12-8(4-13-10)6-14-7-9-2-1-3-15-9/h1-5H,6-7H2,(H2,11,13). The molecule has 2 heterocycles. The summed E-state index contributed by atoms with van der Waals surface area (Å²) in [4.78, 5) is 7.96. The number of nitrogens with two attached hydrogens (primary N) is 1. The van der Waals surface area contributed by atoms with Gasteiger partial charge < -0.3 is 14.9 Å². The molecule has 0 unspecified atom stereocenters. The maximum absolute atomic E-state index is 5.40. The highest BCUT2D eigenvalue weighted by Crippen LogP contribution is 2.04. The van der Waals surface area contributed by atoms with E-state index in [9.17, 15) is 0 Å². The van der Waals surface area contributed by atoms with Crippen LogP contribution in [-0.4, -0.2) is 9.97 Å². The molecule has 15 heavy (non-hydrogen) atoms. The van der Waals surface area contributed by atoms with Crippen LogP contribution >= 0.6 is 0 Å². The third kappa shape index (κ3) is 2.78. The Morgan fingerprint density at radius 3 is 2.87 bits per heavy atom. The summed E-state index contributed by atoms with van der Waals surface area (Å²) in [5.74, 6) is 1.20. The highest BCUT2D eigenvalue weighted by molar-refractivity contribution is 5.22. The first kappa shape index (κ1) is 9.67. The zero-order valence-corrected chi connectivity index (χ0v) is 8.09. The van der Waals surface area contributed by atoms with Gasteiger partial charge in [0.2, 0.25) is 0 Å².